The van der Waals surface area contributed by atoms with Gasteiger partial charge in [-0.3, -0.25) is 4.79 Å². The highest BCUT2D eigenvalue weighted by Crippen LogP contribution is 2.27. The number of rotatable bonds is 3. The van der Waals surface area contributed by atoms with Crippen LogP contribution >= 0.6 is 0 Å². The summed E-state index contributed by atoms with van der Waals surface area (Å²) in [4.78, 5) is 26.1. The fourth-order valence-electron chi connectivity index (χ4n) is 3.11. The van der Waals surface area contributed by atoms with Crippen molar-refractivity contribution in [2.75, 3.05) is 20.2 Å². The predicted octanol–water partition coefficient (Wildman–Crippen LogP) is 3.28. The normalized spacial score (nSPS) is 21.2. The first-order valence-corrected chi connectivity index (χ1v) is 8.38. The van der Waals surface area contributed by atoms with Crippen LogP contribution in [0.2, 0.25) is 0 Å². The molecule has 2 unspecified atom stereocenters. The number of hydrogen-bond donors (Lipinski definition) is 0. The molecule has 1 aromatic rings. The van der Waals surface area contributed by atoms with E-state index < -0.39 is 5.60 Å². The van der Waals surface area contributed by atoms with Gasteiger partial charge in [-0.25, -0.2) is 4.79 Å². The molecule has 0 saturated carbocycles. The number of ether oxygens (including phenoxy) is 2. The number of likely N-dealkylation sites (tertiary alicyclic amines) is 1. The average Bonchev–Trinajstić information content (AvgIpc) is 2.53. The summed E-state index contributed by atoms with van der Waals surface area (Å²) in [6.45, 7) is 6.47. The van der Waals surface area contributed by atoms with E-state index in [9.17, 15) is 9.59 Å². The van der Waals surface area contributed by atoms with Gasteiger partial charge in [0.1, 0.15) is 5.60 Å². The summed E-state index contributed by atoms with van der Waals surface area (Å²) in [7, 11) is 1.39. The second-order valence-electron chi connectivity index (χ2n) is 7.40. The SMILES string of the molecule is COC(=O)C1CC(Cc2ccccc2)CN(C(=O)OC(C)(C)C)C1. The molecule has 1 aliphatic heterocycles. The van der Waals surface area contributed by atoms with E-state index in [0.717, 1.165) is 12.8 Å². The van der Waals surface area contributed by atoms with Gasteiger partial charge >= 0.3 is 12.1 Å². The molecule has 0 aromatic heterocycles. The van der Waals surface area contributed by atoms with Crippen LogP contribution < -0.4 is 0 Å². The Labute approximate surface area is 143 Å². The zero-order chi connectivity index (χ0) is 17.7. The minimum Gasteiger partial charge on any atom is -0.469 e. The van der Waals surface area contributed by atoms with Crippen LogP contribution in [0.1, 0.15) is 32.8 Å². The Morgan fingerprint density at radius 3 is 2.42 bits per heavy atom. The Balaban J connectivity index is 2.10. The molecule has 0 bridgehead atoms. The van der Waals surface area contributed by atoms with Crippen LogP contribution in [-0.4, -0.2) is 42.8 Å². The maximum Gasteiger partial charge on any atom is 0.410 e. The number of carbonyl (C=O) groups is 2. The van der Waals surface area contributed by atoms with Gasteiger partial charge in [-0.05, 0) is 45.1 Å². The second-order valence-corrected chi connectivity index (χ2v) is 7.40. The average molecular weight is 333 g/mol. The van der Waals surface area contributed by atoms with Gasteiger partial charge in [0.15, 0.2) is 0 Å². The minimum absolute atomic E-state index is 0.206. The van der Waals surface area contributed by atoms with Crippen molar-refractivity contribution in [1.82, 2.24) is 4.90 Å². The number of amides is 1. The third kappa shape index (κ3) is 5.25. The highest BCUT2D eigenvalue weighted by atomic mass is 16.6. The molecule has 0 aliphatic carbocycles. The topological polar surface area (TPSA) is 55.8 Å². The van der Waals surface area contributed by atoms with Gasteiger partial charge in [-0.1, -0.05) is 30.3 Å². The minimum atomic E-state index is -0.551. The predicted molar refractivity (Wildman–Crippen MR) is 91.6 cm³/mol. The van der Waals surface area contributed by atoms with E-state index in [4.69, 9.17) is 9.47 Å². The van der Waals surface area contributed by atoms with Crippen LogP contribution in [0.25, 0.3) is 0 Å². The Hall–Kier alpha value is -2.04. The zero-order valence-electron chi connectivity index (χ0n) is 15.0. The van der Waals surface area contributed by atoms with Gasteiger partial charge in [-0.15, -0.1) is 0 Å². The van der Waals surface area contributed by atoms with Gasteiger partial charge in [0.2, 0.25) is 0 Å². The first kappa shape index (κ1) is 18.3. The van der Waals surface area contributed by atoms with Crippen LogP contribution in [0.5, 0.6) is 0 Å². The summed E-state index contributed by atoms with van der Waals surface area (Å²) in [5.41, 5.74) is 0.654. The lowest BCUT2D eigenvalue weighted by molar-refractivity contribution is -0.147. The first-order chi connectivity index (χ1) is 11.3. The molecule has 0 spiro atoms. The fourth-order valence-corrected chi connectivity index (χ4v) is 3.11. The molecule has 1 saturated heterocycles. The van der Waals surface area contributed by atoms with E-state index in [0.29, 0.717) is 13.1 Å². The third-order valence-electron chi connectivity index (χ3n) is 4.09. The summed E-state index contributed by atoms with van der Waals surface area (Å²) in [6, 6.07) is 10.1. The van der Waals surface area contributed by atoms with Crippen molar-refractivity contribution in [3.05, 3.63) is 35.9 Å². The van der Waals surface area contributed by atoms with E-state index in [1.54, 1.807) is 4.90 Å². The van der Waals surface area contributed by atoms with Crippen molar-refractivity contribution in [2.24, 2.45) is 11.8 Å². The molecule has 1 aliphatic rings. The molecule has 2 rings (SSSR count). The zero-order valence-corrected chi connectivity index (χ0v) is 15.0. The van der Waals surface area contributed by atoms with Gasteiger partial charge in [0.05, 0.1) is 13.0 Å². The van der Waals surface area contributed by atoms with E-state index in [1.165, 1.54) is 12.7 Å². The molecular formula is C19H27NO4. The molecule has 0 N–H and O–H groups in total. The quantitative estimate of drug-likeness (QED) is 0.797. The van der Waals surface area contributed by atoms with Crippen LogP contribution in [0.15, 0.2) is 30.3 Å². The number of esters is 1. The Kier molecular flexibility index (Phi) is 5.86. The molecule has 132 valence electrons. The summed E-state index contributed by atoms with van der Waals surface area (Å²) >= 11 is 0. The van der Waals surface area contributed by atoms with E-state index in [1.807, 2.05) is 39.0 Å². The maximum atomic E-state index is 12.4. The number of hydrogen-bond acceptors (Lipinski definition) is 4. The largest absolute Gasteiger partial charge is 0.469 e. The maximum absolute atomic E-state index is 12.4. The van der Waals surface area contributed by atoms with E-state index in [-0.39, 0.29) is 23.9 Å². The van der Waals surface area contributed by atoms with Crippen molar-refractivity contribution in [2.45, 2.75) is 39.2 Å². The van der Waals surface area contributed by atoms with Crippen LogP contribution in [0.3, 0.4) is 0 Å². The molecule has 0 radical (unpaired) electrons. The molecule has 5 heteroatoms. The lowest BCUT2D eigenvalue weighted by Crippen LogP contribution is -2.48. The molecule has 5 nitrogen and oxygen atoms in total. The van der Waals surface area contributed by atoms with Crippen molar-refractivity contribution >= 4 is 12.1 Å². The molecular weight excluding hydrogens is 306 g/mol. The number of nitrogens with zero attached hydrogens (tertiary/aromatic N) is 1. The van der Waals surface area contributed by atoms with Crippen LogP contribution in [0.4, 0.5) is 4.79 Å². The van der Waals surface area contributed by atoms with Gasteiger partial charge in [0.25, 0.3) is 0 Å². The highest BCUT2D eigenvalue weighted by molar-refractivity contribution is 5.75. The standard InChI is InChI=1S/C19H27NO4/c1-19(2,3)24-18(22)20-12-15(10-14-8-6-5-7-9-14)11-16(13-20)17(21)23-4/h5-9,15-16H,10-13H2,1-4H3. The van der Waals surface area contributed by atoms with E-state index >= 15 is 0 Å². The Morgan fingerprint density at radius 2 is 1.83 bits per heavy atom. The summed E-state index contributed by atoms with van der Waals surface area (Å²) < 4.78 is 10.4. The molecule has 1 fully saturated rings. The lowest BCUT2D eigenvalue weighted by Gasteiger charge is -2.37. The molecule has 1 aromatic carbocycles. The monoisotopic (exact) mass is 333 g/mol. The van der Waals surface area contributed by atoms with Gasteiger partial charge in [-0.2, -0.15) is 0 Å². The van der Waals surface area contributed by atoms with Crippen LogP contribution in [-0.2, 0) is 20.7 Å². The summed E-state index contributed by atoms with van der Waals surface area (Å²) in [6.07, 6.45) is 1.18. The summed E-state index contributed by atoms with van der Waals surface area (Å²) in [5.74, 6) is -0.357. The molecule has 24 heavy (non-hydrogen) atoms. The first-order valence-electron chi connectivity index (χ1n) is 8.38. The Morgan fingerprint density at radius 1 is 1.17 bits per heavy atom. The number of piperidine rings is 1. The molecule has 1 heterocycles. The van der Waals surface area contributed by atoms with Crippen LogP contribution in [0, 0.1) is 11.8 Å². The second kappa shape index (κ2) is 7.69. The van der Waals surface area contributed by atoms with Crippen molar-refractivity contribution < 1.29 is 19.1 Å². The van der Waals surface area contributed by atoms with Crippen molar-refractivity contribution in [1.29, 1.82) is 0 Å². The third-order valence-corrected chi connectivity index (χ3v) is 4.09. The Bertz CT molecular complexity index is 564. The van der Waals surface area contributed by atoms with E-state index in [2.05, 4.69) is 12.1 Å². The molecule has 2 atom stereocenters. The van der Waals surface area contributed by atoms with Gasteiger partial charge < -0.3 is 14.4 Å². The van der Waals surface area contributed by atoms with Crippen molar-refractivity contribution in [3.8, 4) is 0 Å². The van der Waals surface area contributed by atoms with Crippen molar-refractivity contribution in [3.63, 3.8) is 0 Å². The highest BCUT2D eigenvalue weighted by Gasteiger charge is 2.36. The smallest absolute Gasteiger partial charge is 0.410 e. The number of carbonyl (C=O) groups excluding carboxylic acids is 2. The van der Waals surface area contributed by atoms with Gasteiger partial charge in [0, 0.05) is 13.1 Å². The number of methoxy groups -OCH3 is 1. The fraction of sp³-hybridized carbons (Fsp3) is 0.579. The summed E-state index contributed by atoms with van der Waals surface area (Å²) in [5, 5.41) is 0. The number of benzene rings is 1. The molecule has 1 amide bonds. The lowest BCUT2D eigenvalue weighted by atomic mass is 9.85.